The number of fused-ring (bicyclic) bond motifs is 3. The number of rotatable bonds is 7. The number of halogens is 1. The molecule has 4 aliphatic heterocycles. The van der Waals surface area contributed by atoms with Crippen molar-refractivity contribution < 1.29 is 38.3 Å². The van der Waals surface area contributed by atoms with Crippen LogP contribution in [0.15, 0.2) is 54.6 Å². The van der Waals surface area contributed by atoms with Crippen molar-refractivity contribution in [2.45, 2.75) is 101 Å². The smallest absolute Gasteiger partial charge is 0.328 e. The SMILES string of the molecule is C[C@@H]1CC2C(=O)OC[C@H](NC(=O)[C@H](Cc3ccccc3)NC(=O)Cc3cccc(Cl)c3)C(=O)N3CCC[C@H]3C(=O)N3CCCC[C@H]3C(=O)N[C@@H](C)C(=O)N2C1. The molecule has 0 radical (unpaired) electrons. The summed E-state index contributed by atoms with van der Waals surface area (Å²) < 4.78 is 5.75. The summed E-state index contributed by atoms with van der Waals surface area (Å²) in [5.41, 5.74) is 1.39. The minimum Gasteiger partial charge on any atom is -0.461 e. The van der Waals surface area contributed by atoms with Crippen LogP contribution in [0.25, 0.3) is 0 Å². The molecule has 4 fully saturated rings. The van der Waals surface area contributed by atoms with Crippen molar-refractivity contribution in [2.24, 2.45) is 5.92 Å². The zero-order chi connectivity index (χ0) is 39.2. The maximum Gasteiger partial charge on any atom is 0.328 e. The molecule has 4 aliphatic rings. The number of piperidine rings is 1. The number of amides is 6. The Morgan fingerprint density at radius 1 is 0.836 bits per heavy atom. The lowest BCUT2D eigenvalue weighted by atomic mass is 9.99. The molecule has 2 aromatic carbocycles. The highest BCUT2D eigenvalue weighted by Crippen LogP contribution is 2.28. The predicted molar refractivity (Wildman–Crippen MR) is 201 cm³/mol. The van der Waals surface area contributed by atoms with E-state index in [1.54, 1.807) is 31.2 Å². The number of carbonyl (C=O) groups excluding carboxylic acids is 7. The second-order valence-corrected chi connectivity index (χ2v) is 15.6. The number of nitrogens with zero attached hydrogens (tertiary/aromatic N) is 3. The lowest BCUT2D eigenvalue weighted by Gasteiger charge is -2.39. The number of hydrogen-bond acceptors (Lipinski definition) is 8. The van der Waals surface area contributed by atoms with Crippen LogP contribution in [0.4, 0.5) is 0 Å². The van der Waals surface area contributed by atoms with Gasteiger partial charge in [0.2, 0.25) is 35.4 Å². The zero-order valence-corrected chi connectivity index (χ0v) is 32.0. The number of carbonyl (C=O) groups is 7. The highest BCUT2D eigenvalue weighted by Gasteiger charge is 2.46. The average molecular weight is 777 g/mol. The van der Waals surface area contributed by atoms with Crippen molar-refractivity contribution in [3.63, 3.8) is 0 Å². The van der Waals surface area contributed by atoms with Crippen LogP contribution >= 0.6 is 11.6 Å². The van der Waals surface area contributed by atoms with E-state index in [0.29, 0.717) is 55.7 Å². The molecule has 0 spiro atoms. The van der Waals surface area contributed by atoms with E-state index >= 15 is 0 Å². The Bertz CT molecular complexity index is 1790. The Hall–Kier alpha value is -4.98. The summed E-state index contributed by atoms with van der Waals surface area (Å²) in [4.78, 5) is 102. The van der Waals surface area contributed by atoms with Gasteiger partial charge in [-0.2, -0.15) is 0 Å². The molecule has 4 heterocycles. The van der Waals surface area contributed by atoms with Crippen LogP contribution in [0.1, 0.15) is 63.5 Å². The number of hydrogen-bond donors (Lipinski definition) is 3. The van der Waals surface area contributed by atoms with Gasteiger partial charge >= 0.3 is 5.97 Å². The summed E-state index contributed by atoms with van der Waals surface area (Å²) in [6.45, 7) is 3.68. The van der Waals surface area contributed by atoms with E-state index in [0.717, 1.165) is 5.56 Å². The van der Waals surface area contributed by atoms with Gasteiger partial charge in [-0.25, -0.2) is 4.79 Å². The van der Waals surface area contributed by atoms with E-state index in [4.69, 9.17) is 16.3 Å². The Morgan fingerprint density at radius 2 is 1.55 bits per heavy atom. The van der Waals surface area contributed by atoms with Gasteiger partial charge < -0.3 is 35.4 Å². The van der Waals surface area contributed by atoms with Gasteiger partial charge in [0.1, 0.15) is 42.9 Å². The fraction of sp³-hybridized carbons (Fsp3) is 0.525. The minimum atomic E-state index is -1.43. The summed E-state index contributed by atoms with van der Waals surface area (Å²) >= 11 is 6.13. The second-order valence-electron chi connectivity index (χ2n) is 15.1. The Morgan fingerprint density at radius 3 is 2.31 bits per heavy atom. The molecular formula is C40H49ClN6O8. The third-order valence-electron chi connectivity index (χ3n) is 10.9. The van der Waals surface area contributed by atoms with Crippen molar-refractivity contribution in [3.8, 4) is 0 Å². The third-order valence-corrected chi connectivity index (χ3v) is 11.1. The molecule has 6 rings (SSSR count). The molecule has 0 aromatic heterocycles. The molecule has 55 heavy (non-hydrogen) atoms. The first-order chi connectivity index (χ1) is 26.4. The van der Waals surface area contributed by atoms with Crippen LogP contribution in [0.2, 0.25) is 5.02 Å². The molecule has 1 unspecified atom stereocenters. The summed E-state index contributed by atoms with van der Waals surface area (Å²) in [5.74, 6) is -3.88. The van der Waals surface area contributed by atoms with Gasteiger partial charge in [-0.3, -0.25) is 28.8 Å². The van der Waals surface area contributed by atoms with E-state index in [1.807, 2.05) is 37.3 Å². The van der Waals surface area contributed by atoms with Crippen LogP contribution in [0, 0.1) is 5.92 Å². The van der Waals surface area contributed by atoms with Gasteiger partial charge in [-0.1, -0.05) is 61.0 Å². The molecule has 0 saturated carbocycles. The number of esters is 1. The Labute approximate surface area is 325 Å². The van der Waals surface area contributed by atoms with Crippen molar-refractivity contribution in [1.82, 2.24) is 30.7 Å². The average Bonchev–Trinajstić information content (AvgIpc) is 3.82. The van der Waals surface area contributed by atoms with Crippen molar-refractivity contribution in [1.29, 1.82) is 0 Å². The first-order valence-electron chi connectivity index (χ1n) is 19.2. The minimum absolute atomic E-state index is 0.0466. The van der Waals surface area contributed by atoms with Gasteiger partial charge in [0.05, 0.1) is 6.42 Å². The largest absolute Gasteiger partial charge is 0.461 e. The molecule has 6 amide bonds. The summed E-state index contributed by atoms with van der Waals surface area (Å²) in [5, 5.41) is 8.81. The monoisotopic (exact) mass is 776 g/mol. The van der Waals surface area contributed by atoms with Crippen molar-refractivity contribution in [2.75, 3.05) is 26.2 Å². The zero-order valence-electron chi connectivity index (χ0n) is 31.2. The summed E-state index contributed by atoms with van der Waals surface area (Å²) in [6, 6.07) is 9.66. The highest BCUT2D eigenvalue weighted by atomic mass is 35.5. The molecule has 3 N–H and O–H groups in total. The number of ether oxygens (including phenoxy) is 1. The molecule has 15 heteroatoms. The Kier molecular flexibility index (Phi) is 12.7. The second kappa shape index (κ2) is 17.7. The lowest BCUT2D eigenvalue weighted by molar-refractivity contribution is -0.158. The fourth-order valence-electron chi connectivity index (χ4n) is 8.13. The van der Waals surface area contributed by atoms with Crippen LogP contribution in [0.3, 0.4) is 0 Å². The summed E-state index contributed by atoms with van der Waals surface area (Å²) in [7, 11) is 0. The molecule has 0 aliphatic carbocycles. The van der Waals surface area contributed by atoms with E-state index in [2.05, 4.69) is 16.0 Å². The van der Waals surface area contributed by atoms with Gasteiger partial charge in [0.25, 0.3) is 0 Å². The van der Waals surface area contributed by atoms with E-state index < -0.39 is 78.4 Å². The lowest BCUT2D eigenvalue weighted by Crippen LogP contribution is -2.62. The number of benzene rings is 2. The van der Waals surface area contributed by atoms with E-state index in [-0.39, 0.29) is 37.8 Å². The first-order valence-corrected chi connectivity index (χ1v) is 19.5. The molecule has 294 valence electrons. The van der Waals surface area contributed by atoms with Gasteiger partial charge in [-0.05, 0) is 74.6 Å². The summed E-state index contributed by atoms with van der Waals surface area (Å²) in [6.07, 6.45) is 2.99. The maximum atomic E-state index is 14.5. The van der Waals surface area contributed by atoms with E-state index in [1.165, 1.54) is 14.7 Å². The van der Waals surface area contributed by atoms with E-state index in [9.17, 15) is 33.6 Å². The Balaban J connectivity index is 1.30. The fourth-order valence-corrected chi connectivity index (χ4v) is 8.34. The van der Waals surface area contributed by atoms with Crippen molar-refractivity contribution >= 4 is 53.0 Å². The normalized spacial score (nSPS) is 27.0. The molecular weight excluding hydrogens is 728 g/mol. The molecule has 2 aromatic rings. The first kappa shape index (κ1) is 39.7. The number of cyclic esters (lactones) is 1. The standard InChI is InChI=1S/C40H49ClN6O8/c1-24-18-33-40(54)55-23-30(44-35(49)29(20-26-10-4-3-5-11-26)43-34(48)21-27-12-8-13-28(41)19-27)38(52)46-17-9-15-32(46)39(53)45-16-7-6-14-31(45)36(50)42-25(2)37(51)47(33)22-24/h3-5,8,10-13,19,24-25,29-33H,6-7,9,14-18,20-23H2,1-2H3,(H,42,50)(H,43,48)(H,44,49)/t24-,25+,29+,30+,31+,32+,33?/m1/s1. The van der Waals surface area contributed by atoms with Crippen LogP contribution in [0.5, 0.6) is 0 Å². The molecule has 14 nitrogen and oxygen atoms in total. The highest BCUT2D eigenvalue weighted by molar-refractivity contribution is 6.30. The molecule has 7 atom stereocenters. The van der Waals surface area contributed by atoms with Crippen molar-refractivity contribution in [3.05, 3.63) is 70.7 Å². The van der Waals surface area contributed by atoms with Crippen LogP contribution in [-0.2, 0) is 51.1 Å². The predicted octanol–water partition coefficient (Wildman–Crippen LogP) is 1.77. The van der Waals surface area contributed by atoms with Crippen LogP contribution < -0.4 is 16.0 Å². The molecule has 0 bridgehead atoms. The van der Waals surface area contributed by atoms with Gasteiger partial charge in [0.15, 0.2) is 0 Å². The maximum absolute atomic E-state index is 14.5. The van der Waals surface area contributed by atoms with Gasteiger partial charge in [-0.15, -0.1) is 0 Å². The third kappa shape index (κ3) is 9.46. The quantitative estimate of drug-likeness (QED) is 0.357. The molecule has 4 saturated heterocycles. The van der Waals surface area contributed by atoms with Crippen LogP contribution in [-0.4, -0.2) is 119 Å². The van der Waals surface area contributed by atoms with Gasteiger partial charge in [0, 0.05) is 31.1 Å². The number of nitrogens with one attached hydrogen (secondary N) is 3. The topological polar surface area (TPSA) is 175 Å².